The maximum Gasteiger partial charge on any atom is 0.0674 e. The molecule has 0 radical (unpaired) electrons. The zero-order valence-corrected chi connectivity index (χ0v) is 20.5. The topological polar surface area (TPSA) is 0 Å². The summed E-state index contributed by atoms with van der Waals surface area (Å²) in [4.78, 5) is 3.61. The molecule has 0 aliphatic carbocycles. The first kappa shape index (κ1) is 21.9. The van der Waals surface area contributed by atoms with E-state index in [1.165, 1.54) is 43.2 Å². The standard InChI is InChI=1S/C31H26S2/c1-3-4-10-21-31(26-18-11-13-22(2)30(26)32)25-17-8-9-19-27(25)33-28-20-12-16-24(29(28)31)23-14-6-5-7-15-23/h3-21,32H,1-2H3/b4-3-,21-10-. The molecule has 33 heavy (non-hydrogen) atoms. The molecule has 1 heterocycles. The van der Waals surface area contributed by atoms with E-state index in [1.54, 1.807) is 0 Å². The molecule has 162 valence electrons. The van der Waals surface area contributed by atoms with Gasteiger partial charge in [-0.15, -0.1) is 12.6 Å². The first-order valence-corrected chi connectivity index (χ1v) is 12.5. The molecule has 0 amide bonds. The van der Waals surface area contributed by atoms with Crippen molar-refractivity contribution in [2.24, 2.45) is 0 Å². The van der Waals surface area contributed by atoms with Crippen molar-refractivity contribution in [1.82, 2.24) is 0 Å². The molecule has 1 atom stereocenters. The van der Waals surface area contributed by atoms with E-state index in [0.717, 1.165) is 4.90 Å². The second-order valence-corrected chi connectivity index (χ2v) is 9.84. The monoisotopic (exact) mass is 462 g/mol. The van der Waals surface area contributed by atoms with Gasteiger partial charge in [-0.25, -0.2) is 0 Å². The van der Waals surface area contributed by atoms with Crippen LogP contribution in [-0.2, 0) is 5.41 Å². The van der Waals surface area contributed by atoms with Crippen LogP contribution in [0.25, 0.3) is 11.1 Å². The number of hydrogen-bond donors (Lipinski definition) is 1. The molecule has 0 saturated carbocycles. The summed E-state index contributed by atoms with van der Waals surface area (Å²) in [7, 11) is 0. The van der Waals surface area contributed by atoms with E-state index in [0.29, 0.717) is 0 Å². The first-order valence-electron chi connectivity index (χ1n) is 11.2. The molecular weight excluding hydrogens is 436 g/mol. The maximum absolute atomic E-state index is 5.07. The van der Waals surface area contributed by atoms with Gasteiger partial charge in [0, 0.05) is 14.7 Å². The van der Waals surface area contributed by atoms with Crippen LogP contribution in [0.2, 0.25) is 0 Å². The highest BCUT2D eigenvalue weighted by Gasteiger charge is 2.43. The van der Waals surface area contributed by atoms with Gasteiger partial charge >= 0.3 is 0 Å². The van der Waals surface area contributed by atoms with Crippen LogP contribution in [0.1, 0.15) is 29.2 Å². The smallest absolute Gasteiger partial charge is 0.0674 e. The second-order valence-electron chi connectivity index (χ2n) is 8.31. The molecule has 1 unspecified atom stereocenters. The minimum Gasteiger partial charge on any atom is -0.143 e. The number of benzene rings is 4. The molecule has 0 bridgehead atoms. The quantitative estimate of drug-likeness (QED) is 0.233. The van der Waals surface area contributed by atoms with Gasteiger partial charge in [-0.3, -0.25) is 0 Å². The summed E-state index contributed by atoms with van der Waals surface area (Å²) in [5, 5.41) is 0. The van der Waals surface area contributed by atoms with Gasteiger partial charge in [0.15, 0.2) is 0 Å². The molecular formula is C31H26S2. The normalized spacial score (nSPS) is 17.3. The van der Waals surface area contributed by atoms with Crippen molar-refractivity contribution in [2.75, 3.05) is 0 Å². The van der Waals surface area contributed by atoms with Gasteiger partial charge in [-0.05, 0) is 59.4 Å². The number of thiol groups is 1. The average Bonchev–Trinajstić information content (AvgIpc) is 2.85. The minimum atomic E-state index is -0.466. The summed E-state index contributed by atoms with van der Waals surface area (Å²) in [5.74, 6) is 0. The van der Waals surface area contributed by atoms with Crippen molar-refractivity contribution in [3.8, 4) is 11.1 Å². The maximum atomic E-state index is 5.07. The Kier molecular flexibility index (Phi) is 6.05. The van der Waals surface area contributed by atoms with Crippen LogP contribution in [0, 0.1) is 6.92 Å². The molecule has 4 aromatic rings. The highest BCUT2D eigenvalue weighted by Crippen LogP contribution is 2.57. The lowest BCUT2D eigenvalue weighted by molar-refractivity contribution is 0.716. The Balaban J connectivity index is 1.97. The van der Waals surface area contributed by atoms with Crippen molar-refractivity contribution in [3.63, 3.8) is 0 Å². The third-order valence-corrected chi connectivity index (χ3v) is 8.08. The molecule has 0 fully saturated rings. The van der Waals surface area contributed by atoms with Gasteiger partial charge in [0.05, 0.1) is 5.41 Å². The molecule has 2 heteroatoms. The fourth-order valence-corrected chi connectivity index (χ4v) is 6.41. The van der Waals surface area contributed by atoms with Crippen LogP contribution in [-0.4, -0.2) is 0 Å². The van der Waals surface area contributed by atoms with Crippen LogP contribution >= 0.6 is 24.4 Å². The van der Waals surface area contributed by atoms with Gasteiger partial charge in [0.25, 0.3) is 0 Å². The van der Waals surface area contributed by atoms with Gasteiger partial charge in [-0.2, -0.15) is 0 Å². The highest BCUT2D eigenvalue weighted by atomic mass is 32.2. The Hall–Kier alpha value is -2.94. The summed E-state index contributed by atoms with van der Waals surface area (Å²) in [6.07, 6.45) is 8.75. The Morgan fingerprint density at radius 1 is 0.727 bits per heavy atom. The van der Waals surface area contributed by atoms with Crippen molar-refractivity contribution in [1.29, 1.82) is 0 Å². The third-order valence-electron chi connectivity index (χ3n) is 6.35. The lowest BCUT2D eigenvalue weighted by atomic mass is 9.66. The first-order chi connectivity index (χ1) is 16.2. The lowest BCUT2D eigenvalue weighted by Crippen LogP contribution is -2.32. The fraction of sp³-hybridized carbons (Fsp3) is 0.0968. The van der Waals surface area contributed by atoms with Gasteiger partial charge in [-0.1, -0.05) is 115 Å². The van der Waals surface area contributed by atoms with Crippen molar-refractivity contribution in [3.05, 3.63) is 138 Å². The van der Waals surface area contributed by atoms with E-state index in [9.17, 15) is 0 Å². The third kappa shape index (κ3) is 3.68. The van der Waals surface area contributed by atoms with Gasteiger partial charge in [0.2, 0.25) is 0 Å². The van der Waals surface area contributed by atoms with Gasteiger partial charge < -0.3 is 0 Å². The summed E-state index contributed by atoms with van der Waals surface area (Å²) in [6.45, 7) is 4.20. The van der Waals surface area contributed by atoms with Crippen molar-refractivity contribution < 1.29 is 0 Å². The van der Waals surface area contributed by atoms with Crippen LogP contribution in [0.15, 0.2) is 130 Å². The number of hydrogen-bond acceptors (Lipinski definition) is 2. The zero-order valence-electron chi connectivity index (χ0n) is 18.8. The van der Waals surface area contributed by atoms with E-state index in [2.05, 4.69) is 129 Å². The number of fused-ring (bicyclic) bond motifs is 2. The molecule has 5 rings (SSSR count). The SMILES string of the molecule is C/C=C\C=C/C1(c2cccc(C)c2S)c2ccccc2Sc2cccc(-c3ccccc3)c21. The summed E-state index contributed by atoms with van der Waals surface area (Å²) < 4.78 is 0. The molecule has 1 aliphatic rings. The molecule has 4 aromatic carbocycles. The molecule has 0 aromatic heterocycles. The zero-order chi connectivity index (χ0) is 22.8. The minimum absolute atomic E-state index is 0.466. The van der Waals surface area contributed by atoms with E-state index < -0.39 is 5.41 Å². The Morgan fingerprint density at radius 2 is 1.42 bits per heavy atom. The predicted octanol–water partition coefficient (Wildman–Crippen LogP) is 8.88. The molecule has 1 aliphatic heterocycles. The van der Waals surface area contributed by atoms with Crippen LogP contribution < -0.4 is 0 Å². The number of aryl methyl sites for hydroxylation is 1. The van der Waals surface area contributed by atoms with Crippen molar-refractivity contribution >= 4 is 24.4 Å². The largest absolute Gasteiger partial charge is 0.143 e. The Labute approximate surface area is 206 Å². The molecule has 0 spiro atoms. The number of rotatable bonds is 4. The summed E-state index contributed by atoms with van der Waals surface area (Å²) in [5.41, 5.74) is 7.04. The fourth-order valence-electron chi connectivity index (χ4n) is 4.85. The summed E-state index contributed by atoms with van der Waals surface area (Å²) in [6, 6.07) is 32.8. The van der Waals surface area contributed by atoms with Crippen LogP contribution in [0.3, 0.4) is 0 Å². The average molecular weight is 463 g/mol. The number of allylic oxidation sites excluding steroid dienone is 4. The lowest BCUT2D eigenvalue weighted by Gasteiger charge is -2.41. The van der Waals surface area contributed by atoms with Crippen LogP contribution in [0.5, 0.6) is 0 Å². The van der Waals surface area contributed by atoms with Gasteiger partial charge in [0.1, 0.15) is 0 Å². The Bertz CT molecular complexity index is 1370. The molecule has 0 nitrogen and oxygen atoms in total. The summed E-state index contributed by atoms with van der Waals surface area (Å²) >= 11 is 6.93. The van der Waals surface area contributed by atoms with E-state index >= 15 is 0 Å². The van der Waals surface area contributed by atoms with E-state index in [1.807, 2.05) is 11.8 Å². The van der Waals surface area contributed by atoms with E-state index in [-0.39, 0.29) is 0 Å². The molecule has 0 N–H and O–H groups in total. The predicted molar refractivity (Wildman–Crippen MR) is 145 cm³/mol. The van der Waals surface area contributed by atoms with E-state index in [4.69, 9.17) is 12.6 Å². The van der Waals surface area contributed by atoms with Crippen molar-refractivity contribution in [2.45, 2.75) is 33.9 Å². The highest BCUT2D eigenvalue weighted by molar-refractivity contribution is 7.99. The van der Waals surface area contributed by atoms with Crippen LogP contribution in [0.4, 0.5) is 0 Å². The molecule has 0 saturated heterocycles. The Morgan fingerprint density at radius 3 is 2.24 bits per heavy atom. The second kappa shape index (κ2) is 9.13.